The van der Waals surface area contributed by atoms with E-state index >= 15 is 0 Å². The van der Waals surface area contributed by atoms with Gasteiger partial charge >= 0.3 is 6.02 Å². The molecule has 0 aromatic rings. The summed E-state index contributed by atoms with van der Waals surface area (Å²) in [4.78, 5) is 12.2. The molecule has 16 heavy (non-hydrogen) atoms. The highest BCUT2D eigenvalue weighted by atomic mass is 16.7. The molecule has 6 heteroatoms. The highest BCUT2D eigenvalue weighted by Gasteiger charge is 2.14. The summed E-state index contributed by atoms with van der Waals surface area (Å²) in [6, 6.07) is 0.104. The van der Waals surface area contributed by atoms with Gasteiger partial charge in [0, 0.05) is 13.1 Å². The molecule has 0 amide bonds. The van der Waals surface area contributed by atoms with E-state index in [0.29, 0.717) is 0 Å². The predicted octanol–water partition coefficient (Wildman–Crippen LogP) is 2.08. The van der Waals surface area contributed by atoms with Crippen molar-refractivity contribution in [2.45, 2.75) is 39.5 Å². The molecule has 0 aromatic heterocycles. The number of unbranched alkanes of at least 4 members (excludes halogenated alkanes) is 2. The van der Waals surface area contributed by atoms with Crippen LogP contribution in [0.4, 0.5) is 0 Å². The van der Waals surface area contributed by atoms with Gasteiger partial charge in [-0.2, -0.15) is 0 Å². The molecule has 0 bridgehead atoms. The molecule has 0 rings (SSSR count). The van der Waals surface area contributed by atoms with E-state index in [1.807, 2.05) is 4.90 Å². The summed E-state index contributed by atoms with van der Waals surface area (Å²) in [5.41, 5.74) is 0. The van der Waals surface area contributed by atoms with E-state index in [9.17, 15) is 10.1 Å². The van der Waals surface area contributed by atoms with E-state index in [0.717, 1.165) is 38.8 Å². The van der Waals surface area contributed by atoms with Gasteiger partial charge in [0.2, 0.25) is 0 Å². The minimum absolute atomic E-state index is 0.104. The number of hydrogen-bond acceptors (Lipinski definition) is 3. The van der Waals surface area contributed by atoms with Crippen molar-refractivity contribution in [3.63, 3.8) is 0 Å². The Morgan fingerprint density at radius 3 is 2.12 bits per heavy atom. The van der Waals surface area contributed by atoms with Crippen molar-refractivity contribution < 1.29 is 9.77 Å². The quantitative estimate of drug-likeness (QED) is 0.291. The summed E-state index contributed by atoms with van der Waals surface area (Å²) in [5, 5.41) is 12.9. The zero-order valence-electron chi connectivity index (χ0n) is 10.3. The molecule has 0 aromatic carbocycles. The van der Waals surface area contributed by atoms with Gasteiger partial charge in [-0.3, -0.25) is 0 Å². The van der Waals surface area contributed by atoms with Crippen LogP contribution < -0.4 is 0 Å². The van der Waals surface area contributed by atoms with Crippen LogP contribution in [0.15, 0.2) is 5.10 Å². The Morgan fingerprint density at radius 1 is 1.31 bits per heavy atom. The molecular formula is C10H21N3O3. The third kappa shape index (κ3) is 6.21. The molecule has 0 saturated heterocycles. The van der Waals surface area contributed by atoms with Crippen LogP contribution in [-0.4, -0.2) is 36.2 Å². The van der Waals surface area contributed by atoms with Crippen molar-refractivity contribution >= 4 is 6.02 Å². The SMILES string of the molecule is CCCCN(CCCC)C(=N[N+](=O)[O-])OC. The lowest BCUT2D eigenvalue weighted by Gasteiger charge is -2.22. The Morgan fingerprint density at radius 2 is 1.81 bits per heavy atom. The number of nitro groups is 1. The first-order valence-electron chi connectivity index (χ1n) is 5.67. The largest absolute Gasteiger partial charge is 0.464 e. The van der Waals surface area contributed by atoms with Gasteiger partial charge in [0.05, 0.1) is 7.11 Å². The molecule has 0 aliphatic rings. The normalized spacial score (nSPS) is 11.3. The average Bonchev–Trinajstić information content (AvgIpc) is 2.26. The van der Waals surface area contributed by atoms with E-state index < -0.39 is 5.03 Å². The van der Waals surface area contributed by atoms with Gasteiger partial charge in [-0.25, -0.2) is 10.1 Å². The van der Waals surface area contributed by atoms with Crippen LogP contribution in [0.1, 0.15) is 39.5 Å². The second-order valence-electron chi connectivity index (χ2n) is 3.52. The summed E-state index contributed by atoms with van der Waals surface area (Å²) in [5.74, 6) is 0. The third-order valence-electron chi connectivity index (χ3n) is 2.18. The van der Waals surface area contributed by atoms with Crippen LogP contribution in [0.5, 0.6) is 0 Å². The Kier molecular flexibility index (Phi) is 8.19. The third-order valence-corrected chi connectivity index (χ3v) is 2.18. The summed E-state index contributed by atoms with van der Waals surface area (Å²) < 4.78 is 4.95. The van der Waals surface area contributed by atoms with E-state index in [2.05, 4.69) is 18.9 Å². The van der Waals surface area contributed by atoms with Crippen molar-refractivity contribution in [1.82, 2.24) is 4.90 Å². The predicted molar refractivity (Wildman–Crippen MR) is 62.8 cm³/mol. The number of rotatable bonds is 7. The van der Waals surface area contributed by atoms with Gasteiger partial charge in [0.25, 0.3) is 0 Å². The fraction of sp³-hybridized carbons (Fsp3) is 0.900. The fourth-order valence-corrected chi connectivity index (χ4v) is 1.30. The second kappa shape index (κ2) is 8.94. The first kappa shape index (κ1) is 14.7. The summed E-state index contributed by atoms with van der Waals surface area (Å²) in [6.07, 6.45) is 4.03. The average molecular weight is 231 g/mol. The summed E-state index contributed by atoms with van der Waals surface area (Å²) in [6.45, 7) is 5.65. The molecule has 0 aliphatic carbocycles. The van der Waals surface area contributed by atoms with Crippen LogP contribution >= 0.6 is 0 Å². The first-order valence-corrected chi connectivity index (χ1v) is 5.67. The molecule has 6 nitrogen and oxygen atoms in total. The van der Waals surface area contributed by atoms with Gasteiger partial charge in [-0.1, -0.05) is 26.7 Å². The smallest absolute Gasteiger partial charge is 0.361 e. The van der Waals surface area contributed by atoms with Gasteiger partial charge in [-0.15, -0.1) is 0 Å². The molecule has 0 spiro atoms. The van der Waals surface area contributed by atoms with Crippen molar-refractivity contribution in [3.05, 3.63) is 10.1 Å². The number of hydrogen-bond donors (Lipinski definition) is 0. The fourth-order valence-electron chi connectivity index (χ4n) is 1.30. The minimum atomic E-state index is -0.719. The van der Waals surface area contributed by atoms with Gasteiger partial charge < -0.3 is 9.64 Å². The summed E-state index contributed by atoms with van der Waals surface area (Å²) >= 11 is 0. The van der Waals surface area contributed by atoms with Gasteiger partial charge in [0.15, 0.2) is 5.03 Å². The maximum absolute atomic E-state index is 10.3. The number of amidine groups is 1. The molecule has 0 radical (unpaired) electrons. The standard InChI is InChI=1S/C10H21N3O3/c1-4-6-8-12(9-7-5-2)10(16-3)11-13(14)15/h4-9H2,1-3H3. The number of hydrazone groups is 1. The highest BCUT2D eigenvalue weighted by Crippen LogP contribution is 2.02. The van der Waals surface area contributed by atoms with Gasteiger partial charge in [-0.05, 0) is 12.8 Å². The molecule has 0 atom stereocenters. The van der Waals surface area contributed by atoms with E-state index in [4.69, 9.17) is 4.74 Å². The number of methoxy groups -OCH3 is 1. The van der Waals surface area contributed by atoms with Crippen molar-refractivity contribution in [1.29, 1.82) is 0 Å². The Labute approximate surface area is 96.4 Å². The lowest BCUT2D eigenvalue weighted by atomic mass is 10.3. The number of nitrogens with zero attached hydrogens (tertiary/aromatic N) is 3. The maximum Gasteiger partial charge on any atom is 0.361 e. The highest BCUT2D eigenvalue weighted by molar-refractivity contribution is 5.72. The molecule has 0 unspecified atom stereocenters. The van der Waals surface area contributed by atoms with Gasteiger partial charge in [0.1, 0.15) is 5.10 Å². The zero-order valence-corrected chi connectivity index (χ0v) is 10.3. The summed E-state index contributed by atoms with van der Waals surface area (Å²) in [7, 11) is 1.41. The van der Waals surface area contributed by atoms with E-state index in [1.165, 1.54) is 7.11 Å². The van der Waals surface area contributed by atoms with Crippen molar-refractivity contribution in [2.24, 2.45) is 5.10 Å². The van der Waals surface area contributed by atoms with Crippen molar-refractivity contribution in [2.75, 3.05) is 20.2 Å². The molecule has 0 fully saturated rings. The monoisotopic (exact) mass is 231 g/mol. The number of ether oxygens (including phenoxy) is 1. The van der Waals surface area contributed by atoms with E-state index in [1.54, 1.807) is 0 Å². The molecule has 94 valence electrons. The molecular weight excluding hydrogens is 210 g/mol. The molecule has 0 aliphatic heterocycles. The molecule has 0 saturated carbocycles. The molecule has 0 heterocycles. The van der Waals surface area contributed by atoms with E-state index in [-0.39, 0.29) is 6.02 Å². The van der Waals surface area contributed by atoms with Crippen LogP contribution in [-0.2, 0) is 4.74 Å². The lowest BCUT2D eigenvalue weighted by Crippen LogP contribution is -2.34. The Hall–Kier alpha value is -1.33. The minimum Gasteiger partial charge on any atom is -0.464 e. The van der Waals surface area contributed by atoms with Crippen LogP contribution in [0.25, 0.3) is 0 Å². The van der Waals surface area contributed by atoms with Crippen LogP contribution in [0.2, 0.25) is 0 Å². The maximum atomic E-state index is 10.3. The van der Waals surface area contributed by atoms with Crippen molar-refractivity contribution in [3.8, 4) is 0 Å². The molecule has 0 N–H and O–H groups in total. The lowest BCUT2D eigenvalue weighted by molar-refractivity contribution is -0.487. The Bertz CT molecular complexity index is 223. The van der Waals surface area contributed by atoms with Crippen LogP contribution in [0.3, 0.4) is 0 Å². The second-order valence-corrected chi connectivity index (χ2v) is 3.52. The van der Waals surface area contributed by atoms with Crippen LogP contribution in [0, 0.1) is 10.1 Å². The topological polar surface area (TPSA) is 68.0 Å². The zero-order chi connectivity index (χ0) is 12.4. The Balaban J connectivity index is 4.48. The first-order chi connectivity index (χ1) is 7.65.